The van der Waals surface area contributed by atoms with Crippen molar-refractivity contribution in [3.63, 3.8) is 0 Å². The molecule has 3 aromatic rings. The molecule has 3 aliphatic heterocycles. The number of hydroxylamine groups is 2. The van der Waals surface area contributed by atoms with E-state index in [0.717, 1.165) is 22.3 Å². The number of nitrogens with zero attached hydrogens (tertiary/aromatic N) is 8. The molecule has 594 valence electrons. The third-order valence-corrected chi connectivity index (χ3v) is 13.2. The minimum atomic E-state index is -1.72. The summed E-state index contributed by atoms with van der Waals surface area (Å²) in [4.78, 5) is 182. The molecule has 0 spiro atoms. The van der Waals surface area contributed by atoms with Crippen molar-refractivity contribution in [2.24, 2.45) is 4.99 Å². The zero-order chi connectivity index (χ0) is 82.4. The normalized spacial score (nSPS) is 15.4. The van der Waals surface area contributed by atoms with Gasteiger partial charge in [0.25, 0.3) is 11.8 Å². The number of aliphatic imine (C=N–C) groups is 1. The Morgan fingerprint density at radius 1 is 0.519 bits per heavy atom. The van der Waals surface area contributed by atoms with Crippen molar-refractivity contribution in [3.8, 4) is 0 Å². The van der Waals surface area contributed by atoms with Gasteiger partial charge in [-0.3, -0.25) is 19.2 Å². The number of ether oxygens (including phenoxy) is 8. The van der Waals surface area contributed by atoms with Crippen LogP contribution in [0.25, 0.3) is 0 Å². The van der Waals surface area contributed by atoms with Crippen LogP contribution >= 0.6 is 0 Å². The van der Waals surface area contributed by atoms with Gasteiger partial charge in [0, 0.05) is 65.3 Å². The number of aromatic nitrogens is 6. The number of alkyl carbamates (subject to hydrolysis) is 3. The fourth-order valence-corrected chi connectivity index (χ4v) is 8.42. The molecule has 36 nitrogen and oxygen atoms in total. The summed E-state index contributed by atoms with van der Waals surface area (Å²) in [5.74, 6) is -5.79. The minimum absolute atomic E-state index is 0.0350. The van der Waals surface area contributed by atoms with Crippen LogP contribution in [-0.4, -0.2) is 204 Å². The zero-order valence-corrected chi connectivity index (χ0v) is 65.8. The Bertz CT molecular complexity index is 3620. The molecule has 7 amide bonds. The fraction of sp³-hybridized carbons (Fsp3) is 0.671. The summed E-state index contributed by atoms with van der Waals surface area (Å²) < 4.78 is 51.7. The van der Waals surface area contributed by atoms with E-state index in [-0.39, 0.29) is 49.4 Å². The Morgan fingerprint density at radius 3 is 1.13 bits per heavy atom. The quantitative estimate of drug-likeness (QED) is 0.0420. The first-order valence-corrected chi connectivity index (χ1v) is 34.1. The Balaban J connectivity index is 0.000000520. The van der Waals surface area contributed by atoms with Crippen molar-refractivity contribution in [2.75, 3.05) is 13.2 Å². The molecule has 6 N–H and O–H groups in total. The Morgan fingerprint density at radius 2 is 0.840 bits per heavy atom. The van der Waals surface area contributed by atoms with Crippen LogP contribution in [0.15, 0.2) is 42.6 Å². The van der Waals surface area contributed by atoms with Gasteiger partial charge in [-0.25, -0.2) is 76.8 Å². The monoisotopic (exact) mass is 1500 g/mol. The fourth-order valence-electron chi connectivity index (χ4n) is 8.42. The number of hydrogen-bond donors (Lipinski definition) is 6. The van der Waals surface area contributed by atoms with E-state index in [1.807, 2.05) is 0 Å². The number of imide groups is 1. The maximum Gasteiger partial charge on any atom is 0.420 e. The standard InChI is InChI=1S/C24H35N5O9.C20H32N4O7.C20H30N4O6.C4H8O.C2H6/c1-22(2,3)36-20(34)26-15(11-14-12-25-13-28(14)21(35)37-23(4,5)6)18(32)27-24(7,8)19(33)38-29-16(30)9-10-17(29)31;1-18(2,3)30-16(28)22-13(14(25)23-20(7,8)15(26)27)9-12-10-21-11-24(12)17(29)31-19(4,5)6;1-18(2,3)29-16(26)22-13(14-23-20(7,8)15(25)28-14)9-12-10-21-11-24(12)17(27)30-19(4,5)6;1-2-4-5-3-1;1-2/h12-13,15H,9-11H2,1-8H3,(H,26,34)(H,27,32);10-11,13H,9H2,1-8H3,(H,22,28)(H,23,25)(H,26,27);10-11,13H,9H2,1-8H3,(H,22,26);1-4H2;1-2H3/t15-;2*13-;;/m000../s1/i;;;;1D. The maximum absolute atomic E-state index is 13.3. The molecule has 0 bridgehead atoms. The van der Waals surface area contributed by atoms with Gasteiger partial charge in [-0.05, 0) is 179 Å². The smallest absolute Gasteiger partial charge is 0.420 e. The highest BCUT2D eigenvalue weighted by Crippen LogP contribution is 2.24. The predicted octanol–water partition coefficient (Wildman–Crippen LogP) is 8.34. The van der Waals surface area contributed by atoms with Crippen LogP contribution in [0.3, 0.4) is 0 Å². The van der Waals surface area contributed by atoms with Gasteiger partial charge in [0.15, 0.2) is 5.54 Å². The lowest BCUT2D eigenvalue weighted by Crippen LogP contribution is -2.58. The van der Waals surface area contributed by atoms with Gasteiger partial charge in [-0.2, -0.15) is 0 Å². The summed E-state index contributed by atoms with van der Waals surface area (Å²) in [5.41, 5.74) is -8.10. The second-order valence-corrected chi connectivity index (χ2v) is 31.6. The van der Waals surface area contributed by atoms with Crippen molar-refractivity contribution in [1.29, 1.82) is 0 Å². The van der Waals surface area contributed by atoms with Crippen molar-refractivity contribution >= 4 is 84.0 Å². The molecule has 0 saturated carbocycles. The zero-order valence-electron chi connectivity index (χ0n) is 66.8. The summed E-state index contributed by atoms with van der Waals surface area (Å²) >= 11 is 0. The Labute approximate surface area is 619 Å². The number of carboxylic acids is 1. The van der Waals surface area contributed by atoms with E-state index >= 15 is 0 Å². The van der Waals surface area contributed by atoms with Crippen LogP contribution in [0.5, 0.6) is 0 Å². The number of rotatable bonds is 17. The molecule has 0 aliphatic carbocycles. The molecule has 2 fully saturated rings. The first-order chi connectivity index (χ1) is 48.7. The van der Waals surface area contributed by atoms with Crippen LogP contribution in [0.2, 0.25) is 0 Å². The van der Waals surface area contributed by atoms with E-state index in [0.29, 0.717) is 17.7 Å². The van der Waals surface area contributed by atoms with E-state index in [1.54, 1.807) is 145 Å². The molecule has 6 heterocycles. The van der Waals surface area contributed by atoms with Crippen LogP contribution < -0.4 is 26.6 Å². The van der Waals surface area contributed by atoms with Gasteiger partial charge in [0.2, 0.25) is 17.7 Å². The van der Waals surface area contributed by atoms with Crippen LogP contribution in [0, 0.1) is 0 Å². The number of nitrogens with one attached hydrogen (secondary N) is 5. The number of carbonyl (C=O) groups is 13. The number of cyclic esters (lactones) is 1. The maximum atomic E-state index is 13.3. The number of aliphatic carboxylic acids is 1. The molecule has 3 aromatic heterocycles. The predicted molar refractivity (Wildman–Crippen MR) is 380 cm³/mol. The van der Waals surface area contributed by atoms with Gasteiger partial charge in [0.05, 0.1) is 17.1 Å². The van der Waals surface area contributed by atoms with Gasteiger partial charge >= 0.3 is 54.5 Å². The van der Waals surface area contributed by atoms with Crippen LogP contribution in [-0.2, 0) is 95.6 Å². The lowest BCUT2D eigenvalue weighted by molar-refractivity contribution is -0.201. The van der Waals surface area contributed by atoms with Crippen molar-refractivity contribution in [1.82, 2.24) is 60.3 Å². The molecule has 6 rings (SSSR count). The summed E-state index contributed by atoms with van der Waals surface area (Å²) in [6, 6.07) is -3.44. The Kier molecular flexibility index (Phi) is 32.2. The summed E-state index contributed by atoms with van der Waals surface area (Å²) in [6.45, 7) is 43.2. The Hall–Kier alpha value is -10.0. The highest BCUT2D eigenvalue weighted by molar-refractivity contribution is 6.03. The van der Waals surface area contributed by atoms with Crippen molar-refractivity contribution in [3.05, 3.63) is 54.7 Å². The average Bonchev–Trinajstić information content (AvgIpc) is 1.69. The highest BCUT2D eigenvalue weighted by atomic mass is 16.7. The lowest BCUT2D eigenvalue weighted by atomic mass is 10.0. The lowest BCUT2D eigenvalue weighted by Gasteiger charge is -2.29. The highest BCUT2D eigenvalue weighted by Gasteiger charge is 2.43. The molecular formula is C70H111N13O23. The number of amides is 7. The molecule has 0 unspecified atom stereocenters. The number of esters is 1. The largest absolute Gasteiger partial charge is 0.480 e. The third kappa shape index (κ3) is 33.0. The van der Waals surface area contributed by atoms with Crippen LogP contribution in [0.1, 0.15) is 224 Å². The number of hydrogen-bond acceptors (Lipinski definition) is 26. The van der Waals surface area contributed by atoms with Gasteiger partial charge in [-0.15, -0.1) is 5.06 Å². The number of carbonyl (C=O) groups excluding carboxylic acids is 12. The van der Waals surface area contributed by atoms with E-state index in [1.165, 1.54) is 82.7 Å². The van der Waals surface area contributed by atoms with E-state index in [4.69, 9.17) is 44.1 Å². The SMILES string of the molecule is C1CCOC1.CC(C)(C)OC(=O)N[C@@H](Cc1cncn1C(=O)OC(C)(C)C)C(=O)NC(C)(C)C(=O)O.CC(C)(C)OC(=O)N[C@@H](Cc1cncn1C(=O)OC(C)(C)C)C(=O)NC(C)(C)C(=O)ON1C(=O)CCC1=O.CC(C)(C)OC(=O)N[C@@H](Cc1cncn1C(=O)OC(C)(C)C)C1=NC(C)(C)C(=O)O1.[2H]CC. The van der Waals surface area contributed by atoms with E-state index in [2.05, 4.69) is 46.5 Å². The molecule has 3 atom stereocenters. The second-order valence-electron chi connectivity index (χ2n) is 31.6. The molecule has 36 heteroatoms. The van der Waals surface area contributed by atoms with Crippen molar-refractivity contribution in [2.45, 2.75) is 293 Å². The number of carboxylic acid groups (broad SMARTS) is 1. The summed E-state index contributed by atoms with van der Waals surface area (Å²) in [6.07, 6.45) is 5.37. The summed E-state index contributed by atoms with van der Waals surface area (Å²) in [7, 11) is 0. The molecular weight excluding hydrogens is 1390 g/mol. The van der Waals surface area contributed by atoms with E-state index < -0.39 is 146 Å². The summed E-state index contributed by atoms with van der Waals surface area (Å²) in [5, 5.41) is 22.0. The number of imidazole rings is 3. The molecule has 0 radical (unpaired) electrons. The van der Waals surface area contributed by atoms with Gasteiger partial charge in [0.1, 0.15) is 81.8 Å². The average molecular weight is 1500 g/mol. The van der Waals surface area contributed by atoms with E-state index in [9.17, 15) is 67.4 Å². The third-order valence-electron chi connectivity index (χ3n) is 13.2. The minimum Gasteiger partial charge on any atom is -0.480 e. The van der Waals surface area contributed by atoms with Gasteiger partial charge in [-0.1, -0.05) is 13.8 Å². The molecule has 2 saturated heterocycles. The van der Waals surface area contributed by atoms with Crippen LogP contribution in [0.4, 0.5) is 28.8 Å². The molecule has 0 aromatic carbocycles. The molecule has 106 heavy (non-hydrogen) atoms. The first kappa shape index (κ1) is 90.2. The van der Waals surface area contributed by atoms with Crippen molar-refractivity contribution < 1.29 is 112 Å². The first-order valence-electron chi connectivity index (χ1n) is 34.8. The topological polar surface area (TPSA) is 454 Å². The second kappa shape index (κ2) is 37.8. The van der Waals surface area contributed by atoms with Gasteiger partial charge < -0.3 is 74.4 Å². The molecule has 3 aliphatic rings.